The first-order valence-corrected chi connectivity index (χ1v) is 11.7. The Labute approximate surface area is 212 Å². The maximum atomic E-state index is 13.0. The van der Waals surface area contributed by atoms with Crippen LogP contribution in [0.25, 0.3) is 27.8 Å². The summed E-state index contributed by atoms with van der Waals surface area (Å²) in [6.07, 6.45) is 12.0. The van der Waals surface area contributed by atoms with Crippen LogP contribution in [-0.4, -0.2) is 46.3 Å². The van der Waals surface area contributed by atoms with Crippen molar-refractivity contribution in [1.29, 1.82) is 5.26 Å². The summed E-state index contributed by atoms with van der Waals surface area (Å²) in [5, 5.41) is 25.4. The van der Waals surface area contributed by atoms with E-state index in [0.29, 0.717) is 22.5 Å². The highest BCUT2D eigenvalue weighted by Crippen LogP contribution is 2.31. The average Bonchev–Trinajstić information content (AvgIpc) is 3.63. The van der Waals surface area contributed by atoms with Crippen LogP contribution in [0.4, 0.5) is 4.79 Å². The van der Waals surface area contributed by atoms with Crippen LogP contribution in [0.2, 0.25) is 0 Å². The van der Waals surface area contributed by atoms with Gasteiger partial charge in [-0.25, -0.2) is 14.3 Å². The van der Waals surface area contributed by atoms with Gasteiger partial charge in [0.2, 0.25) is 5.88 Å². The Bertz CT molecular complexity index is 1620. The number of ether oxygens (including phenoxy) is 1. The van der Waals surface area contributed by atoms with Gasteiger partial charge < -0.3 is 10.1 Å². The third-order valence-corrected chi connectivity index (χ3v) is 5.83. The molecule has 0 aliphatic carbocycles. The van der Waals surface area contributed by atoms with Crippen LogP contribution in [0.5, 0.6) is 5.88 Å². The molecule has 0 spiro atoms. The molecule has 11 nitrogen and oxygen atoms in total. The second kappa shape index (κ2) is 9.58. The summed E-state index contributed by atoms with van der Waals surface area (Å²) >= 11 is 0. The Morgan fingerprint density at radius 2 is 1.81 bits per heavy atom. The molecule has 5 heterocycles. The number of aryl methyl sites for hydroxylation is 1. The molecule has 37 heavy (non-hydrogen) atoms. The van der Waals surface area contributed by atoms with Gasteiger partial charge in [0.15, 0.2) is 0 Å². The Morgan fingerprint density at radius 3 is 2.49 bits per heavy atom. The second-order valence-electron chi connectivity index (χ2n) is 8.95. The predicted octanol–water partition coefficient (Wildman–Crippen LogP) is 3.97. The van der Waals surface area contributed by atoms with E-state index in [1.807, 2.05) is 52.3 Å². The van der Waals surface area contributed by atoms with E-state index in [9.17, 15) is 10.1 Å². The second-order valence-corrected chi connectivity index (χ2v) is 8.95. The zero-order valence-corrected chi connectivity index (χ0v) is 20.8. The number of fused-ring (bicyclic) bond motifs is 1. The summed E-state index contributed by atoms with van der Waals surface area (Å²) in [5.74, 6) is 0.533. The van der Waals surface area contributed by atoms with Gasteiger partial charge in [0.25, 0.3) is 0 Å². The van der Waals surface area contributed by atoms with E-state index < -0.39 is 6.03 Å². The molecule has 0 saturated carbocycles. The maximum absolute atomic E-state index is 13.0. The quantitative estimate of drug-likeness (QED) is 0.377. The first-order valence-electron chi connectivity index (χ1n) is 11.7. The van der Waals surface area contributed by atoms with Crippen molar-refractivity contribution < 1.29 is 9.53 Å². The SMILES string of the molecule is CC(C)Oc1ccc([C@H](C)NC(=O)n2cc(-c3cc(-c4cnn(C)c4)cn4ncc(C#N)c34)cn2)cn1. The Kier molecular flexibility index (Phi) is 6.15. The highest BCUT2D eigenvalue weighted by molar-refractivity contribution is 5.88. The molecule has 1 amide bonds. The van der Waals surface area contributed by atoms with Crippen molar-refractivity contribution in [1.82, 2.24) is 39.5 Å². The monoisotopic (exact) mass is 495 g/mol. The van der Waals surface area contributed by atoms with Gasteiger partial charge in [0.1, 0.15) is 6.07 Å². The minimum Gasteiger partial charge on any atom is -0.475 e. The molecular weight excluding hydrogens is 470 g/mol. The van der Waals surface area contributed by atoms with Gasteiger partial charge in [-0.1, -0.05) is 6.07 Å². The van der Waals surface area contributed by atoms with E-state index in [1.165, 1.54) is 10.9 Å². The Hall–Kier alpha value is -4.98. The predicted molar refractivity (Wildman–Crippen MR) is 136 cm³/mol. The number of nitrogens with one attached hydrogen (secondary N) is 1. The first kappa shape index (κ1) is 23.7. The van der Waals surface area contributed by atoms with Crippen LogP contribution in [-0.2, 0) is 7.05 Å². The van der Waals surface area contributed by atoms with E-state index in [-0.39, 0.29) is 12.1 Å². The number of nitriles is 1. The van der Waals surface area contributed by atoms with Crippen molar-refractivity contribution in [3.63, 3.8) is 0 Å². The van der Waals surface area contributed by atoms with Crippen LogP contribution in [0.15, 0.2) is 61.6 Å². The largest absolute Gasteiger partial charge is 0.475 e. The number of hydrogen-bond donors (Lipinski definition) is 1. The van der Waals surface area contributed by atoms with Gasteiger partial charge in [-0.05, 0) is 32.4 Å². The van der Waals surface area contributed by atoms with Gasteiger partial charge in [-0.15, -0.1) is 0 Å². The number of aromatic nitrogens is 7. The summed E-state index contributed by atoms with van der Waals surface area (Å²) in [7, 11) is 1.85. The number of hydrogen-bond acceptors (Lipinski definition) is 7. The van der Waals surface area contributed by atoms with Crippen LogP contribution in [0.1, 0.15) is 37.9 Å². The first-order chi connectivity index (χ1) is 17.8. The molecule has 186 valence electrons. The zero-order chi connectivity index (χ0) is 26.1. The maximum Gasteiger partial charge on any atom is 0.342 e. The fourth-order valence-electron chi connectivity index (χ4n) is 4.02. The molecule has 0 bridgehead atoms. The van der Waals surface area contributed by atoms with Crippen molar-refractivity contribution in [3.05, 3.63) is 72.7 Å². The third-order valence-electron chi connectivity index (χ3n) is 5.83. The summed E-state index contributed by atoms with van der Waals surface area (Å²) < 4.78 is 10.2. The minimum atomic E-state index is -0.394. The average molecular weight is 496 g/mol. The Morgan fingerprint density at radius 1 is 1.00 bits per heavy atom. The Balaban J connectivity index is 1.42. The fourth-order valence-corrected chi connectivity index (χ4v) is 4.02. The number of rotatable bonds is 6. The summed E-state index contributed by atoms with van der Waals surface area (Å²) in [4.78, 5) is 17.3. The molecule has 0 fully saturated rings. The van der Waals surface area contributed by atoms with Gasteiger partial charge in [-0.3, -0.25) is 4.68 Å². The van der Waals surface area contributed by atoms with E-state index in [2.05, 4.69) is 31.7 Å². The molecular formula is C26H25N9O2. The topological polar surface area (TPSA) is 128 Å². The lowest BCUT2D eigenvalue weighted by Gasteiger charge is -2.15. The molecule has 0 radical (unpaired) electrons. The van der Waals surface area contributed by atoms with Gasteiger partial charge >= 0.3 is 6.03 Å². The van der Waals surface area contributed by atoms with E-state index >= 15 is 0 Å². The van der Waals surface area contributed by atoms with Crippen LogP contribution in [0.3, 0.4) is 0 Å². The van der Waals surface area contributed by atoms with Crippen molar-refractivity contribution >= 4 is 11.5 Å². The molecule has 0 saturated heterocycles. The highest BCUT2D eigenvalue weighted by Gasteiger charge is 2.18. The molecule has 1 atom stereocenters. The van der Waals surface area contributed by atoms with Crippen molar-refractivity contribution in [2.75, 3.05) is 0 Å². The molecule has 0 aliphatic rings. The summed E-state index contributed by atoms with van der Waals surface area (Å²) in [6.45, 7) is 5.74. The summed E-state index contributed by atoms with van der Waals surface area (Å²) in [5.41, 5.74) is 5.07. The lowest BCUT2D eigenvalue weighted by Crippen LogP contribution is -2.31. The molecule has 0 aliphatic heterocycles. The molecule has 0 aromatic carbocycles. The standard InChI is InChI=1S/C26H25N9O2/c1-16(2)37-24-6-5-18(9-28-24)17(3)32-26(36)35-15-22(12-31-35)23-7-19(21-11-29-33(4)13-21)14-34-25(23)20(8-27)10-30-34/h5-7,9-17H,1-4H3,(H,32,36)/t17-/m0/s1. The normalized spacial score (nSPS) is 12.0. The van der Waals surface area contributed by atoms with E-state index in [1.54, 1.807) is 40.1 Å². The number of carbonyl (C=O) groups excluding carboxylic acids is 1. The van der Waals surface area contributed by atoms with Crippen LogP contribution in [0, 0.1) is 11.3 Å². The van der Waals surface area contributed by atoms with Gasteiger partial charge in [0.05, 0.1) is 41.8 Å². The molecule has 5 aromatic heterocycles. The van der Waals surface area contributed by atoms with Gasteiger partial charge in [-0.2, -0.15) is 25.2 Å². The number of carbonyl (C=O) groups is 1. The van der Waals surface area contributed by atoms with E-state index in [0.717, 1.165) is 22.3 Å². The zero-order valence-electron chi connectivity index (χ0n) is 20.8. The van der Waals surface area contributed by atoms with Crippen LogP contribution < -0.4 is 10.1 Å². The number of nitrogens with zero attached hydrogens (tertiary/aromatic N) is 8. The lowest BCUT2D eigenvalue weighted by molar-refractivity contribution is 0.232. The van der Waals surface area contributed by atoms with Crippen LogP contribution >= 0.6 is 0 Å². The van der Waals surface area contributed by atoms with Crippen molar-refractivity contribution in [3.8, 4) is 34.2 Å². The minimum absolute atomic E-state index is 0.0302. The summed E-state index contributed by atoms with van der Waals surface area (Å²) in [6, 6.07) is 7.09. The smallest absolute Gasteiger partial charge is 0.342 e. The molecule has 5 aromatic rings. The van der Waals surface area contributed by atoms with E-state index in [4.69, 9.17) is 4.74 Å². The molecule has 1 N–H and O–H groups in total. The molecule has 0 unspecified atom stereocenters. The molecule has 5 rings (SSSR count). The number of pyridine rings is 2. The highest BCUT2D eigenvalue weighted by atomic mass is 16.5. The number of amides is 1. The lowest BCUT2D eigenvalue weighted by atomic mass is 10.0. The van der Waals surface area contributed by atoms with Gasteiger partial charge in [0, 0.05) is 60.2 Å². The fraction of sp³-hybridized carbons (Fsp3) is 0.231. The van der Waals surface area contributed by atoms with Crippen molar-refractivity contribution in [2.24, 2.45) is 7.05 Å². The molecule has 11 heteroatoms. The van der Waals surface area contributed by atoms with Crippen molar-refractivity contribution in [2.45, 2.75) is 32.9 Å². The third kappa shape index (κ3) is 4.77.